The van der Waals surface area contributed by atoms with E-state index >= 15 is 0 Å². The van der Waals surface area contributed by atoms with Gasteiger partial charge in [-0.15, -0.1) is 0 Å². The molecular weight excluding hydrogens is 316 g/mol. The Bertz CT molecular complexity index is 897. The van der Waals surface area contributed by atoms with E-state index in [1.165, 1.54) is 0 Å². The van der Waals surface area contributed by atoms with E-state index in [4.69, 9.17) is 4.74 Å². The fraction of sp³-hybridized carbons (Fsp3) is 0.263. The fourth-order valence-electron chi connectivity index (χ4n) is 2.56. The standard InChI is InChI=1S/C19H20N4O2/c1-12-13(2)22-17-10-14(7-8-16(17)21-12)19(24)23-18(11-25-3)15-6-4-5-9-20-15/h4-10,18H,11H2,1-3H3,(H,23,24)/t18-/m0/s1. The molecule has 0 fully saturated rings. The van der Waals surface area contributed by atoms with Crippen LogP contribution in [0.4, 0.5) is 0 Å². The summed E-state index contributed by atoms with van der Waals surface area (Å²) in [5.41, 5.74) is 4.51. The highest BCUT2D eigenvalue weighted by molar-refractivity contribution is 5.97. The van der Waals surface area contributed by atoms with E-state index in [0.717, 1.165) is 22.6 Å². The second kappa shape index (κ2) is 7.36. The highest BCUT2D eigenvalue weighted by atomic mass is 16.5. The largest absolute Gasteiger partial charge is 0.382 e. The van der Waals surface area contributed by atoms with Gasteiger partial charge in [0, 0.05) is 18.9 Å². The van der Waals surface area contributed by atoms with Crippen molar-refractivity contribution in [1.82, 2.24) is 20.3 Å². The molecule has 25 heavy (non-hydrogen) atoms. The van der Waals surface area contributed by atoms with E-state index < -0.39 is 0 Å². The van der Waals surface area contributed by atoms with Gasteiger partial charge in [0.25, 0.3) is 5.91 Å². The second-order valence-corrected chi connectivity index (χ2v) is 5.83. The summed E-state index contributed by atoms with van der Waals surface area (Å²) in [5, 5.41) is 2.97. The maximum absolute atomic E-state index is 12.7. The number of pyridine rings is 1. The molecule has 6 nitrogen and oxygen atoms in total. The zero-order valence-electron chi connectivity index (χ0n) is 14.5. The summed E-state index contributed by atoms with van der Waals surface area (Å²) in [5.74, 6) is -0.199. The minimum Gasteiger partial charge on any atom is -0.382 e. The van der Waals surface area contributed by atoms with E-state index in [1.807, 2.05) is 38.1 Å². The van der Waals surface area contributed by atoms with Gasteiger partial charge < -0.3 is 10.1 Å². The van der Waals surface area contributed by atoms with Gasteiger partial charge in [-0.2, -0.15) is 0 Å². The SMILES string of the molecule is COC[C@H](NC(=O)c1ccc2nc(C)c(C)nc2c1)c1ccccn1. The average molecular weight is 336 g/mol. The first-order valence-corrected chi connectivity index (χ1v) is 8.04. The molecule has 0 aliphatic rings. The van der Waals surface area contributed by atoms with Crippen molar-refractivity contribution >= 4 is 16.9 Å². The first-order valence-electron chi connectivity index (χ1n) is 8.04. The minimum absolute atomic E-state index is 0.199. The van der Waals surface area contributed by atoms with Crippen LogP contribution in [-0.4, -0.2) is 34.6 Å². The summed E-state index contributed by atoms with van der Waals surface area (Å²) in [4.78, 5) is 26.0. The Balaban J connectivity index is 1.86. The van der Waals surface area contributed by atoms with Gasteiger partial charge in [0.15, 0.2) is 0 Å². The van der Waals surface area contributed by atoms with Gasteiger partial charge in [0.1, 0.15) is 0 Å². The number of benzene rings is 1. The number of fused-ring (bicyclic) bond motifs is 1. The summed E-state index contributed by atoms with van der Waals surface area (Å²) in [6.07, 6.45) is 1.70. The lowest BCUT2D eigenvalue weighted by atomic mass is 10.1. The number of nitrogens with one attached hydrogen (secondary N) is 1. The molecule has 0 radical (unpaired) electrons. The van der Waals surface area contributed by atoms with Crippen LogP contribution in [0.1, 0.15) is 33.5 Å². The lowest BCUT2D eigenvalue weighted by Gasteiger charge is -2.17. The number of nitrogens with zero attached hydrogens (tertiary/aromatic N) is 3. The third-order valence-electron chi connectivity index (χ3n) is 4.02. The quantitative estimate of drug-likeness (QED) is 0.775. The highest BCUT2D eigenvalue weighted by Crippen LogP contribution is 2.16. The number of methoxy groups -OCH3 is 1. The van der Waals surface area contributed by atoms with Gasteiger partial charge in [-0.3, -0.25) is 9.78 Å². The van der Waals surface area contributed by atoms with Gasteiger partial charge in [0.2, 0.25) is 0 Å². The molecule has 1 N–H and O–H groups in total. The topological polar surface area (TPSA) is 77.0 Å². The predicted octanol–water partition coefficient (Wildman–Crippen LogP) is 2.76. The van der Waals surface area contributed by atoms with Crippen molar-refractivity contribution in [3.63, 3.8) is 0 Å². The monoisotopic (exact) mass is 336 g/mol. The summed E-state index contributed by atoms with van der Waals surface area (Å²) in [6.45, 7) is 4.17. The highest BCUT2D eigenvalue weighted by Gasteiger charge is 2.17. The first-order chi connectivity index (χ1) is 12.1. The molecule has 0 saturated carbocycles. The third kappa shape index (κ3) is 3.80. The Morgan fingerprint density at radius 1 is 1.12 bits per heavy atom. The van der Waals surface area contributed by atoms with Crippen molar-refractivity contribution in [2.75, 3.05) is 13.7 Å². The molecule has 0 saturated heterocycles. The Hall–Kier alpha value is -2.86. The summed E-state index contributed by atoms with van der Waals surface area (Å²) in [7, 11) is 1.60. The van der Waals surface area contributed by atoms with Gasteiger partial charge in [0.05, 0.1) is 40.8 Å². The molecule has 6 heteroatoms. The van der Waals surface area contributed by atoms with Gasteiger partial charge in [-0.1, -0.05) is 6.07 Å². The Labute approximate surface area is 146 Å². The number of hydrogen-bond acceptors (Lipinski definition) is 5. The number of aromatic nitrogens is 3. The van der Waals surface area contributed by atoms with Crippen LogP contribution in [0.2, 0.25) is 0 Å². The van der Waals surface area contributed by atoms with Gasteiger partial charge in [-0.25, -0.2) is 9.97 Å². The molecule has 0 spiro atoms. The number of carbonyl (C=O) groups excluding carboxylic acids is 1. The average Bonchev–Trinajstić information content (AvgIpc) is 2.62. The lowest BCUT2D eigenvalue weighted by molar-refractivity contribution is 0.0894. The first kappa shape index (κ1) is 17.0. The van der Waals surface area contributed by atoms with Gasteiger partial charge >= 0.3 is 0 Å². The molecule has 1 amide bonds. The van der Waals surface area contributed by atoms with Crippen LogP contribution in [-0.2, 0) is 4.74 Å². The van der Waals surface area contributed by atoms with E-state index in [-0.39, 0.29) is 11.9 Å². The van der Waals surface area contributed by atoms with Crippen LogP contribution in [0.15, 0.2) is 42.6 Å². The molecule has 128 valence electrons. The maximum Gasteiger partial charge on any atom is 0.251 e. The summed E-state index contributed by atoms with van der Waals surface area (Å²) < 4.78 is 5.22. The molecular formula is C19H20N4O2. The Morgan fingerprint density at radius 2 is 1.88 bits per heavy atom. The van der Waals surface area contributed by atoms with Crippen molar-refractivity contribution in [3.8, 4) is 0 Å². The van der Waals surface area contributed by atoms with Crippen LogP contribution in [0.5, 0.6) is 0 Å². The van der Waals surface area contributed by atoms with Crippen LogP contribution < -0.4 is 5.32 Å². The molecule has 3 aromatic rings. The number of amides is 1. The number of hydrogen-bond donors (Lipinski definition) is 1. The molecule has 1 atom stereocenters. The van der Waals surface area contributed by atoms with Gasteiger partial charge in [-0.05, 0) is 44.2 Å². The summed E-state index contributed by atoms with van der Waals surface area (Å²) in [6, 6.07) is 10.6. The van der Waals surface area contributed by atoms with Crippen molar-refractivity contribution in [2.24, 2.45) is 0 Å². The molecule has 2 aromatic heterocycles. The van der Waals surface area contributed by atoms with E-state index in [9.17, 15) is 4.79 Å². The minimum atomic E-state index is -0.319. The molecule has 0 bridgehead atoms. The fourth-order valence-corrected chi connectivity index (χ4v) is 2.56. The summed E-state index contributed by atoms with van der Waals surface area (Å²) >= 11 is 0. The molecule has 0 aliphatic carbocycles. The van der Waals surface area contributed by atoms with Crippen molar-refractivity contribution in [2.45, 2.75) is 19.9 Å². The normalized spacial score (nSPS) is 12.1. The molecule has 2 heterocycles. The maximum atomic E-state index is 12.7. The smallest absolute Gasteiger partial charge is 0.251 e. The van der Waals surface area contributed by atoms with Crippen LogP contribution >= 0.6 is 0 Å². The van der Waals surface area contributed by atoms with Crippen molar-refractivity contribution < 1.29 is 9.53 Å². The van der Waals surface area contributed by atoms with Crippen LogP contribution in [0, 0.1) is 13.8 Å². The second-order valence-electron chi connectivity index (χ2n) is 5.83. The predicted molar refractivity (Wildman–Crippen MR) is 95.3 cm³/mol. The molecule has 3 rings (SSSR count). The Kier molecular flexibility index (Phi) is 5.00. The number of rotatable bonds is 5. The number of aryl methyl sites for hydroxylation is 2. The Morgan fingerprint density at radius 3 is 2.56 bits per heavy atom. The zero-order chi connectivity index (χ0) is 17.8. The number of ether oxygens (including phenoxy) is 1. The molecule has 0 unspecified atom stereocenters. The molecule has 0 aliphatic heterocycles. The van der Waals surface area contributed by atoms with E-state index in [1.54, 1.807) is 25.4 Å². The van der Waals surface area contributed by atoms with Crippen molar-refractivity contribution in [1.29, 1.82) is 0 Å². The molecule has 1 aromatic carbocycles. The van der Waals surface area contributed by atoms with E-state index in [0.29, 0.717) is 17.7 Å². The zero-order valence-corrected chi connectivity index (χ0v) is 14.5. The lowest BCUT2D eigenvalue weighted by Crippen LogP contribution is -2.31. The van der Waals surface area contributed by atoms with Crippen LogP contribution in [0.25, 0.3) is 11.0 Å². The third-order valence-corrected chi connectivity index (χ3v) is 4.02. The van der Waals surface area contributed by atoms with Crippen molar-refractivity contribution in [3.05, 3.63) is 65.2 Å². The van der Waals surface area contributed by atoms with Crippen LogP contribution in [0.3, 0.4) is 0 Å². The number of carbonyl (C=O) groups is 1. The van der Waals surface area contributed by atoms with E-state index in [2.05, 4.69) is 20.3 Å².